The third-order valence-electron chi connectivity index (χ3n) is 6.21. The summed E-state index contributed by atoms with van der Waals surface area (Å²) >= 11 is 1.68. The summed E-state index contributed by atoms with van der Waals surface area (Å²) in [6.07, 6.45) is 2.04. The number of thioether (sulfide) groups is 1. The zero-order valence-corrected chi connectivity index (χ0v) is 21.1. The van der Waals surface area contributed by atoms with Crippen LogP contribution in [0.3, 0.4) is 0 Å². The number of benzene rings is 3. The molecule has 2 heterocycles. The van der Waals surface area contributed by atoms with E-state index in [1.807, 2.05) is 92.0 Å². The van der Waals surface area contributed by atoms with Crippen molar-refractivity contribution in [2.75, 3.05) is 13.4 Å². The molecule has 1 atom stereocenters. The number of rotatable bonds is 7. The monoisotopic (exact) mass is 498 g/mol. The second-order valence-electron chi connectivity index (χ2n) is 8.38. The highest BCUT2D eigenvalue weighted by Crippen LogP contribution is 2.38. The summed E-state index contributed by atoms with van der Waals surface area (Å²) in [4.78, 5) is 20.9. The van der Waals surface area contributed by atoms with Gasteiger partial charge in [0.25, 0.3) is 5.89 Å². The quantitative estimate of drug-likeness (QED) is 0.307. The summed E-state index contributed by atoms with van der Waals surface area (Å²) in [5.74, 6) is 1.56. The fourth-order valence-electron chi connectivity index (χ4n) is 4.28. The summed E-state index contributed by atoms with van der Waals surface area (Å²) < 4.78 is 11.2. The van der Waals surface area contributed by atoms with Crippen molar-refractivity contribution in [3.8, 4) is 17.1 Å². The maximum Gasteiger partial charge on any atom is 0.322 e. The molecule has 1 N–H and O–H groups in total. The van der Waals surface area contributed by atoms with Crippen LogP contribution in [0, 0.1) is 0 Å². The highest BCUT2D eigenvalue weighted by molar-refractivity contribution is 7.98. The van der Waals surface area contributed by atoms with Gasteiger partial charge >= 0.3 is 6.03 Å². The number of aromatic nitrogens is 2. The molecular formula is C28H26N4O3S. The number of nitrogens with zero attached hydrogens (tertiary/aromatic N) is 3. The first-order chi connectivity index (χ1) is 17.6. The zero-order chi connectivity index (χ0) is 25.1. The Balaban J connectivity index is 1.59. The number of carbonyl (C=O) groups is 1. The van der Waals surface area contributed by atoms with Crippen LogP contribution >= 0.6 is 11.8 Å². The van der Waals surface area contributed by atoms with Crippen molar-refractivity contribution in [2.45, 2.75) is 24.4 Å². The van der Waals surface area contributed by atoms with Crippen LogP contribution in [0.5, 0.6) is 5.75 Å². The summed E-state index contributed by atoms with van der Waals surface area (Å²) in [6, 6.07) is 24.8. The van der Waals surface area contributed by atoms with E-state index in [0.717, 1.165) is 32.9 Å². The van der Waals surface area contributed by atoms with Gasteiger partial charge in [0.2, 0.25) is 5.82 Å². The molecular weight excluding hydrogens is 472 g/mol. The van der Waals surface area contributed by atoms with Gasteiger partial charge in [-0.05, 0) is 60.7 Å². The highest BCUT2D eigenvalue weighted by Gasteiger charge is 2.36. The Hall–Kier alpha value is -4.04. The zero-order valence-electron chi connectivity index (χ0n) is 20.3. The summed E-state index contributed by atoms with van der Waals surface area (Å²) in [5.41, 5.74) is 4.24. The Kier molecular flexibility index (Phi) is 6.77. The van der Waals surface area contributed by atoms with E-state index >= 15 is 0 Å². The van der Waals surface area contributed by atoms with E-state index in [0.29, 0.717) is 24.0 Å². The van der Waals surface area contributed by atoms with Gasteiger partial charge < -0.3 is 14.6 Å². The molecule has 8 heteroatoms. The number of ether oxygens (including phenoxy) is 1. The van der Waals surface area contributed by atoms with Crippen LogP contribution in [0.4, 0.5) is 4.79 Å². The molecule has 0 saturated heterocycles. The summed E-state index contributed by atoms with van der Waals surface area (Å²) in [7, 11) is 1.62. The third-order valence-corrected chi connectivity index (χ3v) is 6.96. The lowest BCUT2D eigenvalue weighted by Gasteiger charge is -2.35. The summed E-state index contributed by atoms with van der Waals surface area (Å²) in [5, 5.41) is 7.40. The molecule has 0 aliphatic carbocycles. The molecule has 182 valence electrons. The van der Waals surface area contributed by atoms with Gasteiger partial charge in [0.15, 0.2) is 0 Å². The minimum absolute atomic E-state index is 0.194. The van der Waals surface area contributed by atoms with Gasteiger partial charge in [0.1, 0.15) is 5.75 Å². The van der Waals surface area contributed by atoms with Gasteiger partial charge in [-0.1, -0.05) is 47.6 Å². The molecule has 7 nitrogen and oxygen atoms in total. The Bertz CT molecular complexity index is 1400. The van der Waals surface area contributed by atoms with E-state index in [-0.39, 0.29) is 6.03 Å². The molecule has 0 spiro atoms. The van der Waals surface area contributed by atoms with Crippen molar-refractivity contribution >= 4 is 23.4 Å². The minimum Gasteiger partial charge on any atom is -0.497 e. The van der Waals surface area contributed by atoms with Gasteiger partial charge in [-0.2, -0.15) is 4.98 Å². The molecule has 0 fully saturated rings. The van der Waals surface area contributed by atoms with Crippen LogP contribution in [0.2, 0.25) is 0 Å². The Morgan fingerprint density at radius 3 is 2.56 bits per heavy atom. The molecule has 0 saturated carbocycles. The molecule has 36 heavy (non-hydrogen) atoms. The van der Waals surface area contributed by atoms with Crippen molar-refractivity contribution in [1.82, 2.24) is 20.4 Å². The molecule has 1 unspecified atom stereocenters. The topological polar surface area (TPSA) is 80.5 Å². The maximum absolute atomic E-state index is 13.3. The first kappa shape index (κ1) is 23.7. The van der Waals surface area contributed by atoms with Crippen molar-refractivity contribution in [1.29, 1.82) is 0 Å². The lowest BCUT2D eigenvalue weighted by atomic mass is 9.94. The number of hydrogen-bond donors (Lipinski definition) is 1. The molecule has 3 aromatic carbocycles. The number of methoxy groups -OCH3 is 1. The standard InChI is InChI=1S/C28H26N4O3S/c1-18-24(27-30-26(31-35-27)20-12-14-23(36-3)15-13-20)25(21-10-7-11-22(16-21)34-2)29-28(33)32(18)17-19-8-5-4-6-9-19/h4-16,25H,17H2,1-3H3,(H,29,33). The summed E-state index contributed by atoms with van der Waals surface area (Å²) in [6.45, 7) is 2.34. The smallest absolute Gasteiger partial charge is 0.322 e. The number of urea groups is 1. The van der Waals surface area contributed by atoms with Crippen LogP contribution in [-0.4, -0.2) is 34.4 Å². The molecule has 4 aromatic rings. The average Bonchev–Trinajstić information content (AvgIpc) is 3.41. The van der Waals surface area contributed by atoms with Crippen molar-refractivity contribution in [3.63, 3.8) is 0 Å². The van der Waals surface area contributed by atoms with Gasteiger partial charge in [0.05, 0.1) is 25.3 Å². The van der Waals surface area contributed by atoms with Gasteiger partial charge in [0, 0.05) is 16.2 Å². The first-order valence-corrected chi connectivity index (χ1v) is 12.7. The highest BCUT2D eigenvalue weighted by atomic mass is 32.2. The third kappa shape index (κ3) is 4.72. The van der Waals surface area contributed by atoms with Crippen LogP contribution in [-0.2, 0) is 6.54 Å². The molecule has 0 radical (unpaired) electrons. The van der Waals surface area contributed by atoms with E-state index in [1.54, 1.807) is 23.8 Å². The second-order valence-corrected chi connectivity index (χ2v) is 9.26. The van der Waals surface area contributed by atoms with Gasteiger partial charge in [-0.25, -0.2) is 4.79 Å². The number of allylic oxidation sites excluding steroid dienone is 1. The van der Waals surface area contributed by atoms with Crippen molar-refractivity contribution < 1.29 is 14.1 Å². The van der Waals surface area contributed by atoms with Crippen LogP contribution in [0.1, 0.15) is 30.0 Å². The average molecular weight is 499 g/mol. The minimum atomic E-state index is -0.480. The second kappa shape index (κ2) is 10.3. The lowest BCUT2D eigenvalue weighted by molar-refractivity contribution is 0.203. The van der Waals surface area contributed by atoms with E-state index in [1.165, 1.54) is 0 Å². The van der Waals surface area contributed by atoms with E-state index in [4.69, 9.17) is 14.2 Å². The van der Waals surface area contributed by atoms with Crippen molar-refractivity contribution in [2.24, 2.45) is 0 Å². The molecule has 2 amide bonds. The van der Waals surface area contributed by atoms with Crippen molar-refractivity contribution in [3.05, 3.63) is 102 Å². The predicted octanol–water partition coefficient (Wildman–Crippen LogP) is 6.16. The van der Waals surface area contributed by atoms with Crippen LogP contribution in [0.25, 0.3) is 17.0 Å². The maximum atomic E-state index is 13.3. The molecule has 1 aliphatic heterocycles. The fourth-order valence-corrected chi connectivity index (χ4v) is 4.68. The lowest BCUT2D eigenvalue weighted by Crippen LogP contribution is -2.45. The van der Waals surface area contributed by atoms with Crippen LogP contribution in [0.15, 0.2) is 94.0 Å². The van der Waals surface area contributed by atoms with E-state index in [2.05, 4.69) is 10.5 Å². The molecule has 0 bridgehead atoms. The normalized spacial score (nSPS) is 15.7. The first-order valence-electron chi connectivity index (χ1n) is 11.5. The van der Waals surface area contributed by atoms with Gasteiger partial charge in [-0.3, -0.25) is 4.90 Å². The van der Waals surface area contributed by atoms with Gasteiger partial charge in [-0.15, -0.1) is 11.8 Å². The Labute approximate surface area is 214 Å². The predicted molar refractivity (Wildman–Crippen MR) is 140 cm³/mol. The van der Waals surface area contributed by atoms with Crippen LogP contribution < -0.4 is 10.1 Å². The van der Waals surface area contributed by atoms with E-state index < -0.39 is 6.04 Å². The SMILES string of the molecule is COc1cccc(C2NC(=O)N(Cc3ccccc3)C(C)=C2c2nc(-c3ccc(SC)cc3)no2)c1. The number of hydrogen-bond acceptors (Lipinski definition) is 6. The largest absolute Gasteiger partial charge is 0.497 e. The molecule has 1 aromatic heterocycles. The Morgan fingerprint density at radius 1 is 1.06 bits per heavy atom. The van der Waals surface area contributed by atoms with E-state index in [9.17, 15) is 4.79 Å². The fraction of sp³-hybridized carbons (Fsp3) is 0.179. The molecule has 1 aliphatic rings. The number of nitrogens with one attached hydrogen (secondary N) is 1. The number of carbonyl (C=O) groups excluding carboxylic acids is 1. The Morgan fingerprint density at radius 2 is 1.83 bits per heavy atom. The number of amides is 2. The molecule has 5 rings (SSSR count).